The number of anilines is 1. The molecule has 0 bridgehead atoms. The molecule has 0 saturated carbocycles. The SMILES string of the molecule is c1nc(NC[C@@H]2CCCO2)ncc1CN1CCSCC1. The van der Waals surface area contributed by atoms with Crippen molar-refractivity contribution in [2.75, 3.05) is 43.1 Å². The van der Waals surface area contributed by atoms with E-state index in [0.717, 1.165) is 26.1 Å². The maximum absolute atomic E-state index is 5.57. The molecular weight excluding hydrogens is 272 g/mol. The molecule has 6 heteroatoms. The first-order valence-electron chi connectivity index (χ1n) is 7.36. The first kappa shape index (κ1) is 14.1. The van der Waals surface area contributed by atoms with E-state index >= 15 is 0 Å². The van der Waals surface area contributed by atoms with Crippen molar-refractivity contribution in [1.29, 1.82) is 0 Å². The minimum absolute atomic E-state index is 0.323. The standard InChI is InChI=1S/C14H22N4OS/c1-2-13(19-5-1)10-17-14-15-8-12(9-16-14)11-18-3-6-20-7-4-18/h8-9,13H,1-7,10-11H2,(H,15,16,17)/t13-/m0/s1. The smallest absolute Gasteiger partial charge is 0.222 e. The second-order valence-electron chi connectivity index (χ2n) is 5.32. The molecule has 1 atom stereocenters. The fraction of sp³-hybridized carbons (Fsp3) is 0.714. The van der Waals surface area contributed by atoms with Gasteiger partial charge in [-0.2, -0.15) is 11.8 Å². The molecule has 2 aliphatic rings. The molecule has 0 spiro atoms. The highest BCUT2D eigenvalue weighted by Gasteiger charge is 2.15. The highest BCUT2D eigenvalue weighted by Crippen LogP contribution is 2.14. The van der Waals surface area contributed by atoms with Crippen LogP contribution in [0.2, 0.25) is 0 Å². The number of ether oxygens (including phenoxy) is 1. The molecule has 0 radical (unpaired) electrons. The monoisotopic (exact) mass is 294 g/mol. The van der Waals surface area contributed by atoms with E-state index in [4.69, 9.17) is 4.74 Å². The van der Waals surface area contributed by atoms with E-state index in [1.54, 1.807) is 0 Å². The van der Waals surface area contributed by atoms with Crippen LogP contribution in [-0.2, 0) is 11.3 Å². The fourth-order valence-corrected chi connectivity index (χ4v) is 3.53. The third-order valence-electron chi connectivity index (χ3n) is 3.73. The quantitative estimate of drug-likeness (QED) is 0.890. The average molecular weight is 294 g/mol. The Morgan fingerprint density at radius 2 is 2.10 bits per heavy atom. The lowest BCUT2D eigenvalue weighted by Crippen LogP contribution is -2.32. The molecular formula is C14H22N4OS. The van der Waals surface area contributed by atoms with Crippen LogP contribution in [0.1, 0.15) is 18.4 Å². The van der Waals surface area contributed by atoms with E-state index in [0.29, 0.717) is 12.1 Å². The molecule has 2 fully saturated rings. The van der Waals surface area contributed by atoms with Crippen LogP contribution in [-0.4, -0.2) is 58.7 Å². The van der Waals surface area contributed by atoms with Gasteiger partial charge >= 0.3 is 0 Å². The third-order valence-corrected chi connectivity index (χ3v) is 4.67. The predicted molar refractivity (Wildman–Crippen MR) is 82.1 cm³/mol. The second kappa shape index (κ2) is 7.24. The van der Waals surface area contributed by atoms with Crippen molar-refractivity contribution in [2.45, 2.75) is 25.5 Å². The van der Waals surface area contributed by atoms with Gasteiger partial charge in [-0.1, -0.05) is 0 Å². The van der Waals surface area contributed by atoms with Gasteiger partial charge in [0.1, 0.15) is 0 Å². The third kappa shape index (κ3) is 4.07. The van der Waals surface area contributed by atoms with Gasteiger partial charge < -0.3 is 10.1 Å². The number of nitrogens with one attached hydrogen (secondary N) is 1. The van der Waals surface area contributed by atoms with Gasteiger partial charge in [-0.05, 0) is 12.8 Å². The molecule has 2 saturated heterocycles. The average Bonchev–Trinajstić information content (AvgIpc) is 3.01. The predicted octanol–water partition coefficient (Wildman–Crippen LogP) is 1.62. The Bertz CT molecular complexity index is 402. The van der Waals surface area contributed by atoms with Crippen LogP contribution in [0.25, 0.3) is 0 Å². The van der Waals surface area contributed by atoms with Crippen LogP contribution in [0, 0.1) is 0 Å². The number of hydrogen-bond acceptors (Lipinski definition) is 6. The van der Waals surface area contributed by atoms with Crippen LogP contribution in [0.4, 0.5) is 5.95 Å². The lowest BCUT2D eigenvalue weighted by atomic mass is 10.2. The van der Waals surface area contributed by atoms with Gasteiger partial charge in [-0.25, -0.2) is 9.97 Å². The van der Waals surface area contributed by atoms with Gasteiger partial charge in [-0.15, -0.1) is 0 Å². The summed E-state index contributed by atoms with van der Waals surface area (Å²) in [6.07, 6.45) is 6.50. The Labute approximate surface area is 124 Å². The molecule has 1 aromatic rings. The molecule has 3 rings (SSSR count). The molecule has 5 nitrogen and oxygen atoms in total. The van der Waals surface area contributed by atoms with E-state index in [1.165, 1.54) is 36.6 Å². The highest BCUT2D eigenvalue weighted by molar-refractivity contribution is 7.99. The van der Waals surface area contributed by atoms with Gasteiger partial charge in [0.25, 0.3) is 0 Å². The summed E-state index contributed by atoms with van der Waals surface area (Å²) in [5.74, 6) is 3.18. The molecule has 2 aliphatic heterocycles. The zero-order chi connectivity index (χ0) is 13.6. The normalized spacial score (nSPS) is 23.9. The number of hydrogen-bond donors (Lipinski definition) is 1. The molecule has 3 heterocycles. The summed E-state index contributed by atoms with van der Waals surface area (Å²) in [4.78, 5) is 11.3. The van der Waals surface area contributed by atoms with Crippen LogP contribution in [0.3, 0.4) is 0 Å². The highest BCUT2D eigenvalue weighted by atomic mass is 32.2. The first-order valence-corrected chi connectivity index (χ1v) is 8.52. The van der Waals surface area contributed by atoms with Crippen molar-refractivity contribution in [3.05, 3.63) is 18.0 Å². The van der Waals surface area contributed by atoms with E-state index in [-0.39, 0.29) is 0 Å². The Morgan fingerprint density at radius 3 is 2.80 bits per heavy atom. The molecule has 110 valence electrons. The molecule has 0 amide bonds. The summed E-state index contributed by atoms with van der Waals surface area (Å²) in [7, 11) is 0. The van der Waals surface area contributed by atoms with Crippen molar-refractivity contribution in [3.63, 3.8) is 0 Å². The summed E-state index contributed by atoms with van der Waals surface area (Å²) < 4.78 is 5.57. The number of aromatic nitrogens is 2. The van der Waals surface area contributed by atoms with Gasteiger partial charge in [0.2, 0.25) is 5.95 Å². The lowest BCUT2D eigenvalue weighted by molar-refractivity contribution is 0.120. The maximum atomic E-state index is 5.57. The van der Waals surface area contributed by atoms with Crippen LogP contribution < -0.4 is 5.32 Å². The number of rotatable bonds is 5. The van der Waals surface area contributed by atoms with Gasteiger partial charge in [-0.3, -0.25) is 4.90 Å². The van der Waals surface area contributed by atoms with E-state index in [2.05, 4.69) is 20.2 Å². The minimum atomic E-state index is 0.323. The number of thioether (sulfide) groups is 1. The van der Waals surface area contributed by atoms with Gasteiger partial charge in [0, 0.05) is 62.2 Å². The Balaban J connectivity index is 1.46. The van der Waals surface area contributed by atoms with Crippen molar-refractivity contribution in [1.82, 2.24) is 14.9 Å². The summed E-state index contributed by atoms with van der Waals surface area (Å²) in [6.45, 7) is 5.00. The maximum Gasteiger partial charge on any atom is 0.222 e. The van der Waals surface area contributed by atoms with E-state index in [9.17, 15) is 0 Å². The zero-order valence-corrected chi connectivity index (χ0v) is 12.6. The van der Waals surface area contributed by atoms with Gasteiger partial charge in [0.05, 0.1) is 6.10 Å². The van der Waals surface area contributed by atoms with Gasteiger partial charge in [0.15, 0.2) is 0 Å². The van der Waals surface area contributed by atoms with Crippen molar-refractivity contribution >= 4 is 17.7 Å². The Hall–Kier alpha value is -0.850. The minimum Gasteiger partial charge on any atom is -0.376 e. The van der Waals surface area contributed by atoms with Crippen molar-refractivity contribution in [2.24, 2.45) is 0 Å². The fourth-order valence-electron chi connectivity index (χ4n) is 2.56. The Kier molecular flexibility index (Phi) is 5.11. The molecule has 1 aromatic heterocycles. The number of nitrogens with zero attached hydrogens (tertiary/aromatic N) is 3. The second-order valence-corrected chi connectivity index (χ2v) is 6.54. The zero-order valence-electron chi connectivity index (χ0n) is 11.8. The largest absolute Gasteiger partial charge is 0.376 e. The first-order chi connectivity index (χ1) is 9.90. The van der Waals surface area contributed by atoms with Crippen LogP contribution in [0.5, 0.6) is 0 Å². The lowest BCUT2D eigenvalue weighted by Gasteiger charge is -2.25. The van der Waals surface area contributed by atoms with Crippen molar-refractivity contribution in [3.8, 4) is 0 Å². The topological polar surface area (TPSA) is 50.3 Å². The van der Waals surface area contributed by atoms with Crippen LogP contribution >= 0.6 is 11.8 Å². The van der Waals surface area contributed by atoms with Crippen molar-refractivity contribution < 1.29 is 4.74 Å². The summed E-state index contributed by atoms with van der Waals surface area (Å²) in [6, 6.07) is 0. The molecule has 0 aliphatic carbocycles. The molecule has 0 unspecified atom stereocenters. The molecule has 0 aromatic carbocycles. The van der Waals surface area contributed by atoms with Crippen LogP contribution in [0.15, 0.2) is 12.4 Å². The van der Waals surface area contributed by atoms with E-state index < -0.39 is 0 Å². The Morgan fingerprint density at radius 1 is 1.30 bits per heavy atom. The molecule has 1 N–H and O–H groups in total. The summed E-state index contributed by atoms with van der Waals surface area (Å²) in [5.41, 5.74) is 1.19. The van der Waals surface area contributed by atoms with E-state index in [1.807, 2.05) is 24.2 Å². The summed E-state index contributed by atoms with van der Waals surface area (Å²) in [5, 5.41) is 3.25. The molecule has 20 heavy (non-hydrogen) atoms. The summed E-state index contributed by atoms with van der Waals surface area (Å²) >= 11 is 2.04.